The van der Waals surface area contributed by atoms with E-state index in [0.29, 0.717) is 23.9 Å². The Labute approximate surface area is 138 Å². The van der Waals surface area contributed by atoms with E-state index in [1.165, 1.54) is 0 Å². The van der Waals surface area contributed by atoms with Gasteiger partial charge in [0.05, 0.1) is 12.4 Å². The summed E-state index contributed by atoms with van der Waals surface area (Å²) in [6, 6.07) is 9.49. The van der Waals surface area contributed by atoms with Gasteiger partial charge in [0.15, 0.2) is 10.8 Å². The normalized spacial score (nSPS) is 9.36. The Morgan fingerprint density at radius 3 is 2.41 bits per heavy atom. The molecule has 0 unspecified atom stereocenters. The standard InChI is InChI=1S/C11H11ClN2O2.C2H3N3.ClH/c12-9-10(8-4-2-1-3-5-8)16-14-11(9)15-7-6-13;1-2-4-5-3-1;/h1-5H,6-7,13H2;1-2H,(H,3,4,5);1H. The maximum absolute atomic E-state index is 6.07. The fourth-order valence-corrected chi connectivity index (χ4v) is 1.68. The van der Waals surface area contributed by atoms with Crippen molar-refractivity contribution in [1.29, 1.82) is 0 Å². The zero-order valence-corrected chi connectivity index (χ0v) is 13.0. The van der Waals surface area contributed by atoms with E-state index in [2.05, 4.69) is 20.6 Å². The summed E-state index contributed by atoms with van der Waals surface area (Å²) in [5, 5.41) is 13.5. The van der Waals surface area contributed by atoms with E-state index in [-0.39, 0.29) is 18.3 Å². The number of nitrogens with two attached hydrogens (primary N) is 1. The summed E-state index contributed by atoms with van der Waals surface area (Å²) in [6.45, 7) is 0.768. The van der Waals surface area contributed by atoms with Crippen molar-refractivity contribution in [3.8, 4) is 17.2 Å². The Morgan fingerprint density at radius 2 is 1.86 bits per heavy atom. The van der Waals surface area contributed by atoms with E-state index in [4.69, 9.17) is 26.6 Å². The van der Waals surface area contributed by atoms with E-state index in [9.17, 15) is 0 Å². The van der Waals surface area contributed by atoms with Crippen molar-refractivity contribution in [3.63, 3.8) is 0 Å². The molecular weight excluding hydrogens is 329 g/mol. The fourth-order valence-electron chi connectivity index (χ4n) is 1.45. The Hall–Kier alpha value is -2.09. The highest BCUT2D eigenvalue weighted by atomic mass is 35.5. The first-order valence-electron chi connectivity index (χ1n) is 6.16. The van der Waals surface area contributed by atoms with Gasteiger partial charge >= 0.3 is 0 Å². The zero-order valence-electron chi connectivity index (χ0n) is 11.5. The summed E-state index contributed by atoms with van der Waals surface area (Å²) in [6.07, 6.45) is 3.17. The maximum Gasteiger partial charge on any atom is 0.273 e. The molecule has 3 N–H and O–H groups in total. The predicted octanol–water partition coefficient (Wildman–Crippen LogP) is 2.56. The number of H-pyrrole nitrogens is 1. The van der Waals surface area contributed by atoms with Crippen LogP contribution in [0.5, 0.6) is 5.88 Å². The van der Waals surface area contributed by atoms with Crippen LogP contribution in [-0.4, -0.2) is 33.7 Å². The lowest BCUT2D eigenvalue weighted by molar-refractivity contribution is 0.288. The average Bonchev–Trinajstić information content (AvgIpc) is 3.20. The van der Waals surface area contributed by atoms with Crippen molar-refractivity contribution in [2.24, 2.45) is 5.73 Å². The molecule has 22 heavy (non-hydrogen) atoms. The molecular formula is C13H15Cl2N5O2. The molecule has 0 aliphatic carbocycles. The summed E-state index contributed by atoms with van der Waals surface area (Å²) in [7, 11) is 0. The second-order valence-electron chi connectivity index (χ2n) is 3.79. The molecule has 3 rings (SSSR count). The van der Waals surface area contributed by atoms with Gasteiger partial charge in [-0.25, -0.2) is 0 Å². The number of nitrogens with one attached hydrogen (secondary N) is 1. The Bertz CT molecular complexity index is 614. The first-order chi connectivity index (χ1) is 10.3. The lowest BCUT2D eigenvalue weighted by atomic mass is 10.2. The molecule has 3 aromatic rings. The molecule has 0 radical (unpaired) electrons. The van der Waals surface area contributed by atoms with Crippen LogP contribution in [0.3, 0.4) is 0 Å². The molecule has 2 heterocycles. The SMILES string of the molecule is Cl.NCCOc1noc(-c2ccccc2)c1Cl.c1cn[nH]n1. The molecule has 0 aliphatic rings. The van der Waals surface area contributed by atoms with Crippen molar-refractivity contribution in [3.05, 3.63) is 47.7 Å². The van der Waals surface area contributed by atoms with Crippen LogP contribution in [0.4, 0.5) is 0 Å². The van der Waals surface area contributed by atoms with Gasteiger partial charge in [-0.15, -0.1) is 12.4 Å². The molecule has 0 bridgehead atoms. The van der Waals surface area contributed by atoms with Crippen molar-refractivity contribution < 1.29 is 9.26 Å². The van der Waals surface area contributed by atoms with Gasteiger partial charge in [-0.1, -0.05) is 41.9 Å². The van der Waals surface area contributed by atoms with Gasteiger partial charge in [0, 0.05) is 12.1 Å². The molecule has 0 spiro atoms. The van der Waals surface area contributed by atoms with Gasteiger partial charge < -0.3 is 15.0 Å². The third-order valence-electron chi connectivity index (χ3n) is 2.33. The van der Waals surface area contributed by atoms with Crippen molar-refractivity contribution in [2.45, 2.75) is 0 Å². The summed E-state index contributed by atoms with van der Waals surface area (Å²) in [5.41, 5.74) is 6.18. The van der Waals surface area contributed by atoms with E-state index in [1.54, 1.807) is 12.4 Å². The van der Waals surface area contributed by atoms with E-state index < -0.39 is 0 Å². The highest BCUT2D eigenvalue weighted by Crippen LogP contribution is 2.34. The van der Waals surface area contributed by atoms with Gasteiger partial charge in [0.2, 0.25) is 0 Å². The third kappa shape index (κ3) is 5.03. The average molecular weight is 344 g/mol. The molecule has 7 nitrogen and oxygen atoms in total. The number of aromatic amines is 1. The van der Waals surface area contributed by atoms with Gasteiger partial charge in [-0.2, -0.15) is 15.4 Å². The number of benzene rings is 1. The number of ether oxygens (including phenoxy) is 1. The number of aromatic nitrogens is 4. The van der Waals surface area contributed by atoms with Crippen LogP contribution in [0.2, 0.25) is 5.02 Å². The van der Waals surface area contributed by atoms with Crippen LogP contribution in [0.15, 0.2) is 47.2 Å². The smallest absolute Gasteiger partial charge is 0.273 e. The summed E-state index contributed by atoms with van der Waals surface area (Å²) < 4.78 is 10.4. The highest BCUT2D eigenvalue weighted by molar-refractivity contribution is 6.34. The number of hydrogen-bond donors (Lipinski definition) is 2. The Balaban J connectivity index is 0.000000344. The molecule has 0 saturated carbocycles. The summed E-state index contributed by atoms with van der Waals surface area (Å²) >= 11 is 6.07. The molecule has 9 heteroatoms. The Kier molecular flexibility index (Phi) is 7.98. The Morgan fingerprint density at radius 1 is 1.18 bits per heavy atom. The first-order valence-corrected chi connectivity index (χ1v) is 6.54. The third-order valence-corrected chi connectivity index (χ3v) is 2.66. The van der Waals surface area contributed by atoms with Crippen molar-refractivity contribution in [2.75, 3.05) is 13.2 Å². The lowest BCUT2D eigenvalue weighted by Gasteiger charge is -1.98. The van der Waals surface area contributed by atoms with E-state index in [0.717, 1.165) is 5.56 Å². The summed E-state index contributed by atoms with van der Waals surface area (Å²) in [5.74, 6) is 0.792. The van der Waals surface area contributed by atoms with Crippen molar-refractivity contribution >= 4 is 24.0 Å². The number of hydrogen-bond acceptors (Lipinski definition) is 6. The minimum Gasteiger partial charge on any atom is -0.473 e. The van der Waals surface area contributed by atoms with E-state index >= 15 is 0 Å². The fraction of sp³-hybridized carbons (Fsp3) is 0.154. The van der Waals surface area contributed by atoms with Crippen LogP contribution >= 0.6 is 24.0 Å². The second-order valence-corrected chi connectivity index (χ2v) is 4.17. The molecule has 0 atom stereocenters. The van der Waals surface area contributed by atoms with Gasteiger partial charge in [-0.05, 0) is 5.16 Å². The molecule has 0 fully saturated rings. The monoisotopic (exact) mass is 343 g/mol. The molecule has 1 aromatic carbocycles. The molecule has 0 aliphatic heterocycles. The largest absolute Gasteiger partial charge is 0.473 e. The lowest BCUT2D eigenvalue weighted by Crippen LogP contribution is -2.10. The number of rotatable bonds is 4. The van der Waals surface area contributed by atoms with Gasteiger partial charge in [0.1, 0.15) is 6.61 Å². The highest BCUT2D eigenvalue weighted by Gasteiger charge is 2.16. The summed E-state index contributed by atoms with van der Waals surface area (Å²) in [4.78, 5) is 0. The van der Waals surface area contributed by atoms with Crippen LogP contribution in [0.1, 0.15) is 0 Å². The van der Waals surface area contributed by atoms with E-state index in [1.807, 2.05) is 30.3 Å². The first kappa shape index (κ1) is 18.0. The van der Waals surface area contributed by atoms with Crippen LogP contribution in [0.25, 0.3) is 11.3 Å². The van der Waals surface area contributed by atoms with Crippen molar-refractivity contribution in [1.82, 2.24) is 20.6 Å². The second kappa shape index (κ2) is 9.78. The topological polar surface area (TPSA) is 103 Å². The van der Waals surface area contributed by atoms with Gasteiger partial charge in [0.25, 0.3) is 5.88 Å². The molecule has 2 aromatic heterocycles. The number of halogens is 2. The minimum atomic E-state index is 0. The van der Waals surface area contributed by atoms with Crippen LogP contribution in [-0.2, 0) is 0 Å². The maximum atomic E-state index is 6.07. The molecule has 0 amide bonds. The van der Waals surface area contributed by atoms with Gasteiger partial charge in [-0.3, -0.25) is 0 Å². The predicted molar refractivity (Wildman–Crippen MR) is 85.1 cm³/mol. The van der Waals surface area contributed by atoms with Crippen LogP contribution in [0, 0.1) is 0 Å². The quantitative estimate of drug-likeness (QED) is 0.754. The molecule has 118 valence electrons. The number of nitrogens with zero attached hydrogens (tertiary/aromatic N) is 3. The zero-order chi connectivity index (χ0) is 14.9. The van der Waals surface area contributed by atoms with Crippen LogP contribution < -0.4 is 10.5 Å². The molecule has 0 saturated heterocycles. The minimum absolute atomic E-state index is 0.